The Bertz CT molecular complexity index is 141. The van der Waals surface area contributed by atoms with Gasteiger partial charge in [0.2, 0.25) is 0 Å². The van der Waals surface area contributed by atoms with Crippen LogP contribution in [0.25, 0.3) is 0 Å². The molecular formula is C8H17NO2. The van der Waals surface area contributed by atoms with Gasteiger partial charge in [-0.2, -0.15) is 0 Å². The third-order valence-corrected chi connectivity index (χ3v) is 1.49. The lowest BCUT2D eigenvalue weighted by Gasteiger charge is -2.22. The zero-order valence-corrected chi connectivity index (χ0v) is 7.64. The summed E-state index contributed by atoms with van der Waals surface area (Å²) < 4.78 is 0. The van der Waals surface area contributed by atoms with Crippen LogP contribution in [0.4, 0.5) is 0 Å². The van der Waals surface area contributed by atoms with Crippen molar-refractivity contribution in [2.24, 2.45) is 5.92 Å². The Kier molecular flexibility index (Phi) is 3.52. The first-order valence-corrected chi connectivity index (χ1v) is 3.84. The lowest BCUT2D eigenvalue weighted by molar-refractivity contribution is -0.143. The van der Waals surface area contributed by atoms with Crippen LogP contribution in [0.1, 0.15) is 27.7 Å². The summed E-state index contributed by atoms with van der Waals surface area (Å²) >= 11 is 0. The Labute approximate surface area is 67.8 Å². The van der Waals surface area contributed by atoms with Crippen molar-refractivity contribution in [2.75, 3.05) is 6.54 Å². The van der Waals surface area contributed by atoms with Crippen LogP contribution in [0.2, 0.25) is 0 Å². The first kappa shape index (κ1) is 10.4. The van der Waals surface area contributed by atoms with E-state index in [2.05, 4.69) is 5.32 Å². The van der Waals surface area contributed by atoms with Gasteiger partial charge in [-0.1, -0.05) is 13.8 Å². The van der Waals surface area contributed by atoms with Gasteiger partial charge in [0, 0.05) is 0 Å². The molecule has 0 saturated heterocycles. The topological polar surface area (TPSA) is 49.3 Å². The number of rotatable bonds is 4. The van der Waals surface area contributed by atoms with Crippen molar-refractivity contribution in [1.29, 1.82) is 0 Å². The Morgan fingerprint density at radius 3 is 2.27 bits per heavy atom. The van der Waals surface area contributed by atoms with Crippen LogP contribution < -0.4 is 5.32 Å². The molecule has 0 radical (unpaired) electrons. The molecule has 0 rings (SSSR count). The quantitative estimate of drug-likeness (QED) is 0.645. The van der Waals surface area contributed by atoms with Gasteiger partial charge in [0.25, 0.3) is 0 Å². The van der Waals surface area contributed by atoms with Crippen LogP contribution in [0.5, 0.6) is 0 Å². The predicted octanol–water partition coefficient (Wildman–Crippen LogP) is 1.10. The van der Waals surface area contributed by atoms with Crippen molar-refractivity contribution in [1.82, 2.24) is 5.32 Å². The first-order chi connectivity index (χ1) is 4.86. The first-order valence-electron chi connectivity index (χ1n) is 3.84. The molecule has 0 fully saturated rings. The number of carboxylic acids is 1. The molecule has 0 atom stereocenters. The maximum absolute atomic E-state index is 10.6. The van der Waals surface area contributed by atoms with E-state index in [9.17, 15) is 4.79 Å². The van der Waals surface area contributed by atoms with E-state index < -0.39 is 11.5 Å². The molecule has 0 aliphatic rings. The van der Waals surface area contributed by atoms with E-state index in [4.69, 9.17) is 5.11 Å². The van der Waals surface area contributed by atoms with Crippen LogP contribution in [0, 0.1) is 5.92 Å². The SMILES string of the molecule is CC(C)CNC(C)(C)C(=O)O. The minimum atomic E-state index is -0.807. The van der Waals surface area contributed by atoms with Crippen LogP contribution in [0.15, 0.2) is 0 Å². The lowest BCUT2D eigenvalue weighted by atomic mass is 10.1. The molecule has 0 aromatic heterocycles. The van der Waals surface area contributed by atoms with Crippen molar-refractivity contribution in [3.63, 3.8) is 0 Å². The van der Waals surface area contributed by atoms with Gasteiger partial charge in [-0.3, -0.25) is 4.79 Å². The van der Waals surface area contributed by atoms with Gasteiger partial charge in [-0.05, 0) is 26.3 Å². The second-order valence-corrected chi connectivity index (χ2v) is 3.70. The largest absolute Gasteiger partial charge is 0.480 e. The van der Waals surface area contributed by atoms with E-state index in [1.54, 1.807) is 13.8 Å². The number of aliphatic carboxylic acids is 1. The zero-order chi connectivity index (χ0) is 9.07. The summed E-state index contributed by atoms with van der Waals surface area (Å²) in [5, 5.41) is 11.6. The van der Waals surface area contributed by atoms with E-state index in [0.717, 1.165) is 6.54 Å². The average molecular weight is 159 g/mol. The van der Waals surface area contributed by atoms with E-state index in [1.165, 1.54) is 0 Å². The summed E-state index contributed by atoms with van der Waals surface area (Å²) in [5.74, 6) is -0.327. The Balaban J connectivity index is 3.83. The fraction of sp³-hybridized carbons (Fsp3) is 0.875. The predicted molar refractivity (Wildman–Crippen MR) is 44.6 cm³/mol. The highest BCUT2D eigenvalue weighted by molar-refractivity contribution is 5.77. The molecule has 0 aromatic carbocycles. The summed E-state index contributed by atoms with van der Waals surface area (Å²) in [5.41, 5.74) is -0.801. The van der Waals surface area contributed by atoms with Gasteiger partial charge in [-0.25, -0.2) is 0 Å². The molecule has 3 nitrogen and oxygen atoms in total. The summed E-state index contributed by atoms with van der Waals surface area (Å²) in [6.07, 6.45) is 0. The summed E-state index contributed by atoms with van der Waals surface area (Å²) in [6.45, 7) is 8.16. The summed E-state index contributed by atoms with van der Waals surface area (Å²) in [7, 11) is 0. The molecule has 0 bridgehead atoms. The van der Waals surface area contributed by atoms with Crippen molar-refractivity contribution in [2.45, 2.75) is 33.2 Å². The van der Waals surface area contributed by atoms with Crippen molar-refractivity contribution in [3.8, 4) is 0 Å². The molecule has 2 N–H and O–H groups in total. The molecule has 0 aliphatic heterocycles. The van der Waals surface area contributed by atoms with E-state index in [1.807, 2.05) is 13.8 Å². The molecule has 0 spiro atoms. The summed E-state index contributed by atoms with van der Waals surface area (Å²) in [4.78, 5) is 10.6. The number of hydrogen-bond acceptors (Lipinski definition) is 2. The van der Waals surface area contributed by atoms with Crippen molar-refractivity contribution in [3.05, 3.63) is 0 Å². The van der Waals surface area contributed by atoms with Gasteiger partial charge in [0.15, 0.2) is 0 Å². The second kappa shape index (κ2) is 3.72. The minimum absolute atomic E-state index is 0.480. The number of hydrogen-bond donors (Lipinski definition) is 2. The molecule has 0 amide bonds. The molecule has 3 heteroatoms. The minimum Gasteiger partial charge on any atom is -0.480 e. The maximum Gasteiger partial charge on any atom is 0.323 e. The summed E-state index contributed by atoms with van der Waals surface area (Å²) in [6, 6.07) is 0. The van der Waals surface area contributed by atoms with E-state index in [0.29, 0.717) is 5.92 Å². The molecule has 0 aromatic rings. The average Bonchev–Trinajstić information content (AvgIpc) is 1.84. The second-order valence-electron chi connectivity index (χ2n) is 3.70. The molecule has 0 unspecified atom stereocenters. The Morgan fingerprint density at radius 1 is 1.55 bits per heavy atom. The van der Waals surface area contributed by atoms with Gasteiger partial charge in [-0.15, -0.1) is 0 Å². The highest BCUT2D eigenvalue weighted by Crippen LogP contribution is 2.02. The van der Waals surface area contributed by atoms with Crippen molar-refractivity contribution >= 4 is 5.97 Å². The molecular weight excluding hydrogens is 142 g/mol. The van der Waals surface area contributed by atoms with Gasteiger partial charge in [0.05, 0.1) is 0 Å². The number of carbonyl (C=O) groups is 1. The fourth-order valence-electron chi connectivity index (χ4n) is 0.535. The van der Waals surface area contributed by atoms with Crippen LogP contribution >= 0.6 is 0 Å². The van der Waals surface area contributed by atoms with E-state index >= 15 is 0 Å². The molecule has 0 heterocycles. The molecule has 66 valence electrons. The molecule has 11 heavy (non-hydrogen) atoms. The monoisotopic (exact) mass is 159 g/mol. The normalized spacial score (nSPS) is 12.1. The lowest BCUT2D eigenvalue weighted by Crippen LogP contribution is -2.47. The van der Waals surface area contributed by atoms with Crippen LogP contribution in [-0.4, -0.2) is 23.2 Å². The maximum atomic E-state index is 10.6. The van der Waals surface area contributed by atoms with Gasteiger partial charge in [0.1, 0.15) is 5.54 Å². The Hall–Kier alpha value is -0.570. The highest BCUT2D eigenvalue weighted by Gasteiger charge is 2.25. The third-order valence-electron chi connectivity index (χ3n) is 1.49. The Morgan fingerprint density at radius 2 is 2.00 bits per heavy atom. The van der Waals surface area contributed by atoms with E-state index in [-0.39, 0.29) is 0 Å². The van der Waals surface area contributed by atoms with Gasteiger partial charge < -0.3 is 10.4 Å². The standard InChI is InChI=1S/C8H17NO2/c1-6(2)5-9-8(3,4)7(10)11/h6,9H,5H2,1-4H3,(H,10,11). The molecule has 0 aliphatic carbocycles. The smallest absolute Gasteiger partial charge is 0.323 e. The van der Waals surface area contributed by atoms with Gasteiger partial charge >= 0.3 is 5.97 Å². The number of carboxylic acid groups (broad SMARTS) is 1. The fourth-order valence-corrected chi connectivity index (χ4v) is 0.535. The zero-order valence-electron chi connectivity index (χ0n) is 7.64. The number of nitrogens with one attached hydrogen (secondary N) is 1. The van der Waals surface area contributed by atoms with Crippen LogP contribution in [0.3, 0.4) is 0 Å². The highest BCUT2D eigenvalue weighted by atomic mass is 16.4. The van der Waals surface area contributed by atoms with Crippen LogP contribution in [-0.2, 0) is 4.79 Å². The molecule has 0 saturated carbocycles. The van der Waals surface area contributed by atoms with Crippen molar-refractivity contribution < 1.29 is 9.90 Å². The third kappa shape index (κ3) is 3.98.